The van der Waals surface area contributed by atoms with Gasteiger partial charge in [0.05, 0.1) is 5.25 Å². The van der Waals surface area contributed by atoms with Crippen LogP contribution in [0, 0.1) is 5.41 Å². The molecular formula is C14H23N3O2S2. The SMILES string of the molecule is CCC1(CC)CCN(c2snc(N)c2S(=O)(=O)C2CC2)C1. The Kier molecular flexibility index (Phi) is 3.68. The highest BCUT2D eigenvalue weighted by molar-refractivity contribution is 7.92. The number of rotatable bonds is 5. The van der Waals surface area contributed by atoms with E-state index in [1.54, 1.807) is 0 Å². The van der Waals surface area contributed by atoms with E-state index in [1.165, 1.54) is 11.5 Å². The molecule has 2 fully saturated rings. The van der Waals surface area contributed by atoms with Crippen molar-refractivity contribution >= 4 is 32.2 Å². The normalized spacial score (nSPS) is 21.9. The summed E-state index contributed by atoms with van der Waals surface area (Å²) in [6, 6.07) is 0. The largest absolute Gasteiger partial charge is 0.382 e. The van der Waals surface area contributed by atoms with E-state index in [4.69, 9.17) is 5.73 Å². The molecule has 118 valence electrons. The molecule has 0 spiro atoms. The van der Waals surface area contributed by atoms with Crippen molar-refractivity contribution < 1.29 is 8.42 Å². The quantitative estimate of drug-likeness (QED) is 0.899. The summed E-state index contributed by atoms with van der Waals surface area (Å²) >= 11 is 1.24. The molecule has 2 heterocycles. The van der Waals surface area contributed by atoms with Crippen LogP contribution < -0.4 is 10.6 Å². The first-order chi connectivity index (χ1) is 9.93. The molecule has 0 radical (unpaired) electrons. The molecule has 3 rings (SSSR count). The zero-order valence-electron chi connectivity index (χ0n) is 12.6. The van der Waals surface area contributed by atoms with E-state index in [9.17, 15) is 8.42 Å². The Hall–Kier alpha value is -0.820. The number of nitrogens with two attached hydrogens (primary N) is 1. The fourth-order valence-corrected chi connectivity index (χ4v) is 6.29. The summed E-state index contributed by atoms with van der Waals surface area (Å²) in [7, 11) is -3.29. The van der Waals surface area contributed by atoms with Gasteiger partial charge in [-0.2, -0.15) is 4.37 Å². The van der Waals surface area contributed by atoms with Crippen LogP contribution in [0.5, 0.6) is 0 Å². The lowest BCUT2D eigenvalue weighted by molar-refractivity contribution is 0.301. The van der Waals surface area contributed by atoms with E-state index in [0.717, 1.165) is 50.2 Å². The van der Waals surface area contributed by atoms with Gasteiger partial charge in [-0.25, -0.2) is 8.42 Å². The maximum absolute atomic E-state index is 12.6. The summed E-state index contributed by atoms with van der Waals surface area (Å²) in [6.07, 6.45) is 4.87. The van der Waals surface area contributed by atoms with Gasteiger partial charge in [0.15, 0.2) is 15.7 Å². The van der Waals surface area contributed by atoms with E-state index in [-0.39, 0.29) is 11.1 Å². The minimum atomic E-state index is -3.29. The van der Waals surface area contributed by atoms with Crippen molar-refractivity contribution in [3.05, 3.63) is 0 Å². The highest BCUT2D eigenvalue weighted by Crippen LogP contribution is 2.46. The third-order valence-corrected chi connectivity index (χ3v) is 8.50. The zero-order valence-corrected chi connectivity index (χ0v) is 14.3. The highest BCUT2D eigenvalue weighted by atomic mass is 32.2. The summed E-state index contributed by atoms with van der Waals surface area (Å²) in [4.78, 5) is 2.49. The van der Waals surface area contributed by atoms with Crippen molar-refractivity contribution in [3.63, 3.8) is 0 Å². The monoisotopic (exact) mass is 329 g/mol. The number of anilines is 2. The zero-order chi connectivity index (χ0) is 15.3. The smallest absolute Gasteiger partial charge is 0.187 e. The van der Waals surface area contributed by atoms with Gasteiger partial charge < -0.3 is 10.6 Å². The molecule has 1 aromatic heterocycles. The molecule has 1 aliphatic carbocycles. The fraction of sp³-hybridized carbons (Fsp3) is 0.786. The Bertz CT molecular complexity index is 631. The molecule has 1 saturated carbocycles. The third-order valence-electron chi connectivity index (χ3n) is 5.13. The van der Waals surface area contributed by atoms with Gasteiger partial charge in [-0.1, -0.05) is 13.8 Å². The van der Waals surface area contributed by atoms with Crippen LogP contribution in [-0.2, 0) is 9.84 Å². The standard InChI is InChI=1S/C14H23N3O2S2/c1-3-14(4-2)7-8-17(9-14)13-11(12(15)16-20-13)21(18,19)10-5-6-10/h10H,3-9H2,1-2H3,(H2,15,16). The lowest BCUT2D eigenvalue weighted by Gasteiger charge is -2.26. The Morgan fingerprint density at radius 1 is 1.38 bits per heavy atom. The van der Waals surface area contributed by atoms with Crippen molar-refractivity contribution in [1.29, 1.82) is 0 Å². The molecule has 21 heavy (non-hydrogen) atoms. The minimum absolute atomic E-state index is 0.187. The molecule has 2 N–H and O–H groups in total. The van der Waals surface area contributed by atoms with Gasteiger partial charge in [0.2, 0.25) is 0 Å². The lowest BCUT2D eigenvalue weighted by atomic mass is 9.82. The summed E-state index contributed by atoms with van der Waals surface area (Å²) in [6.45, 7) is 6.25. The fourth-order valence-electron chi connectivity index (χ4n) is 3.23. The summed E-state index contributed by atoms with van der Waals surface area (Å²) < 4.78 is 29.4. The molecule has 0 aromatic carbocycles. The first kappa shape index (κ1) is 15.1. The molecule has 1 aliphatic heterocycles. The molecule has 1 saturated heterocycles. The average molecular weight is 329 g/mol. The van der Waals surface area contributed by atoms with Gasteiger partial charge in [0, 0.05) is 13.1 Å². The molecule has 0 unspecified atom stereocenters. The number of aromatic nitrogens is 1. The van der Waals surface area contributed by atoms with Gasteiger partial charge in [-0.15, -0.1) is 0 Å². The van der Waals surface area contributed by atoms with E-state index < -0.39 is 9.84 Å². The van der Waals surface area contributed by atoms with Crippen LogP contribution in [0.25, 0.3) is 0 Å². The number of hydrogen-bond donors (Lipinski definition) is 1. The van der Waals surface area contributed by atoms with Crippen LogP contribution in [0.1, 0.15) is 46.0 Å². The second-order valence-corrected chi connectivity index (χ2v) is 9.24. The van der Waals surface area contributed by atoms with Crippen LogP contribution in [-0.4, -0.2) is 31.1 Å². The lowest BCUT2D eigenvalue weighted by Crippen LogP contribution is -2.26. The number of nitrogens with zero attached hydrogens (tertiary/aromatic N) is 2. The van der Waals surface area contributed by atoms with Crippen molar-refractivity contribution in [1.82, 2.24) is 4.37 Å². The molecule has 1 aromatic rings. The van der Waals surface area contributed by atoms with Crippen LogP contribution in [0.15, 0.2) is 4.90 Å². The summed E-state index contributed by atoms with van der Waals surface area (Å²) in [5, 5.41) is 0.530. The van der Waals surface area contributed by atoms with Gasteiger partial charge in [-0.05, 0) is 49.1 Å². The molecule has 5 nitrogen and oxygen atoms in total. The molecule has 0 amide bonds. The van der Waals surface area contributed by atoms with Gasteiger partial charge in [-0.3, -0.25) is 0 Å². The highest BCUT2D eigenvalue weighted by Gasteiger charge is 2.43. The van der Waals surface area contributed by atoms with Crippen LogP contribution in [0.4, 0.5) is 10.8 Å². The van der Waals surface area contributed by atoms with E-state index in [0.29, 0.717) is 10.3 Å². The number of nitrogen functional groups attached to an aromatic ring is 1. The maximum atomic E-state index is 12.6. The number of hydrogen-bond acceptors (Lipinski definition) is 6. The van der Waals surface area contributed by atoms with E-state index in [2.05, 4.69) is 23.1 Å². The van der Waals surface area contributed by atoms with Gasteiger partial charge >= 0.3 is 0 Å². The van der Waals surface area contributed by atoms with Crippen LogP contribution in [0.2, 0.25) is 0 Å². The predicted octanol–water partition coefficient (Wildman–Crippen LogP) is 2.68. The van der Waals surface area contributed by atoms with Gasteiger partial charge in [0.1, 0.15) is 9.90 Å². The Labute approximate surface area is 130 Å². The van der Waals surface area contributed by atoms with Crippen molar-refractivity contribution in [2.24, 2.45) is 5.41 Å². The van der Waals surface area contributed by atoms with Crippen molar-refractivity contribution in [2.75, 3.05) is 23.7 Å². The molecular weight excluding hydrogens is 306 g/mol. The molecule has 0 bridgehead atoms. The first-order valence-electron chi connectivity index (χ1n) is 7.67. The predicted molar refractivity (Wildman–Crippen MR) is 86.6 cm³/mol. The second kappa shape index (κ2) is 5.12. The Balaban J connectivity index is 1.95. The topological polar surface area (TPSA) is 76.3 Å². The molecule has 7 heteroatoms. The van der Waals surface area contributed by atoms with E-state index in [1.807, 2.05) is 0 Å². The van der Waals surface area contributed by atoms with Crippen LogP contribution in [0.3, 0.4) is 0 Å². The summed E-state index contributed by atoms with van der Waals surface area (Å²) in [5.41, 5.74) is 6.19. The third kappa shape index (κ3) is 2.44. The molecule has 0 atom stereocenters. The first-order valence-corrected chi connectivity index (χ1v) is 9.99. The average Bonchev–Trinajstić information content (AvgIpc) is 3.13. The summed E-state index contributed by atoms with van der Waals surface area (Å²) in [5.74, 6) is 0.187. The Morgan fingerprint density at radius 2 is 2.05 bits per heavy atom. The number of sulfone groups is 1. The van der Waals surface area contributed by atoms with Crippen LogP contribution >= 0.6 is 11.5 Å². The second-order valence-electron chi connectivity index (χ2n) is 6.33. The molecule has 2 aliphatic rings. The Morgan fingerprint density at radius 3 is 2.57 bits per heavy atom. The minimum Gasteiger partial charge on any atom is -0.382 e. The van der Waals surface area contributed by atoms with Crippen molar-refractivity contribution in [2.45, 2.75) is 56.1 Å². The van der Waals surface area contributed by atoms with E-state index >= 15 is 0 Å². The van der Waals surface area contributed by atoms with Crippen molar-refractivity contribution in [3.8, 4) is 0 Å². The maximum Gasteiger partial charge on any atom is 0.187 e. The van der Waals surface area contributed by atoms with Gasteiger partial charge in [0.25, 0.3) is 0 Å².